The molecule has 0 aromatic carbocycles. The van der Waals surface area contributed by atoms with Gasteiger partial charge in [0, 0.05) is 23.5 Å². The summed E-state index contributed by atoms with van der Waals surface area (Å²) in [6.45, 7) is 5.07. The fourth-order valence-corrected chi connectivity index (χ4v) is 3.33. The first-order valence-electron chi connectivity index (χ1n) is 5.57. The molecule has 4 nitrogen and oxygen atoms in total. The van der Waals surface area contributed by atoms with Crippen LogP contribution in [0.4, 0.5) is 0 Å². The predicted octanol–water partition coefficient (Wildman–Crippen LogP) is 3.86. The Morgan fingerprint density at radius 1 is 1.39 bits per heavy atom. The quantitative estimate of drug-likeness (QED) is 0.836. The van der Waals surface area contributed by atoms with Gasteiger partial charge >= 0.3 is 0 Å². The molecular weight excluding hydrogens is 382 g/mol. The summed E-state index contributed by atoms with van der Waals surface area (Å²) in [5.74, 6) is 1.24. The lowest BCUT2D eigenvalue weighted by Gasteiger charge is -2.04. The lowest BCUT2D eigenvalue weighted by atomic mass is 10.3. The van der Waals surface area contributed by atoms with E-state index in [1.165, 1.54) is 0 Å². The smallest absolute Gasteiger partial charge is 0.257 e. The van der Waals surface area contributed by atoms with Crippen molar-refractivity contribution in [1.82, 2.24) is 15.5 Å². The molecule has 2 heterocycles. The molecule has 2 rings (SSSR count). The van der Waals surface area contributed by atoms with Crippen molar-refractivity contribution in [2.75, 3.05) is 6.54 Å². The second kappa shape index (κ2) is 6.27. The van der Waals surface area contributed by atoms with E-state index in [4.69, 9.17) is 4.42 Å². The third-order valence-electron chi connectivity index (χ3n) is 2.21. The highest BCUT2D eigenvalue weighted by Gasteiger charge is 2.13. The minimum atomic E-state index is 0.469. The zero-order valence-electron chi connectivity index (χ0n) is 10.0. The molecule has 98 valence electrons. The number of aromatic nitrogens is 2. The summed E-state index contributed by atoms with van der Waals surface area (Å²) in [4.78, 5) is 0.962. The summed E-state index contributed by atoms with van der Waals surface area (Å²) in [5, 5.41) is 11.4. The first kappa shape index (κ1) is 14.2. The standard InChI is InChI=1S/C11H13Br2N3OS/c1-6(2)14-4-3-9-15-16-11(17-9)8-5-7(12)10(13)18-8/h5-6,14H,3-4H2,1-2H3. The van der Waals surface area contributed by atoms with Gasteiger partial charge in [-0.1, -0.05) is 13.8 Å². The molecular formula is C11H13Br2N3OS. The van der Waals surface area contributed by atoms with E-state index < -0.39 is 0 Å². The average molecular weight is 395 g/mol. The summed E-state index contributed by atoms with van der Waals surface area (Å²) in [5.41, 5.74) is 0. The maximum absolute atomic E-state index is 5.63. The van der Waals surface area contributed by atoms with Gasteiger partial charge < -0.3 is 9.73 Å². The Hall–Kier alpha value is -0.240. The molecule has 1 N–H and O–H groups in total. The highest BCUT2D eigenvalue weighted by molar-refractivity contribution is 9.13. The Morgan fingerprint density at radius 2 is 2.17 bits per heavy atom. The van der Waals surface area contributed by atoms with Crippen molar-refractivity contribution >= 4 is 43.2 Å². The van der Waals surface area contributed by atoms with E-state index >= 15 is 0 Å². The van der Waals surface area contributed by atoms with Crippen LogP contribution in [0, 0.1) is 0 Å². The van der Waals surface area contributed by atoms with E-state index in [0.717, 1.165) is 26.1 Å². The molecule has 0 aliphatic carbocycles. The Kier molecular flexibility index (Phi) is 4.94. The molecule has 0 saturated carbocycles. The summed E-state index contributed by atoms with van der Waals surface area (Å²) in [6.07, 6.45) is 0.749. The third kappa shape index (κ3) is 3.63. The molecule has 18 heavy (non-hydrogen) atoms. The van der Waals surface area contributed by atoms with Crippen molar-refractivity contribution in [3.63, 3.8) is 0 Å². The summed E-state index contributed by atoms with van der Waals surface area (Å²) >= 11 is 8.46. The van der Waals surface area contributed by atoms with Crippen molar-refractivity contribution in [2.24, 2.45) is 0 Å². The van der Waals surface area contributed by atoms with Crippen LogP contribution in [0.5, 0.6) is 0 Å². The maximum atomic E-state index is 5.63. The largest absolute Gasteiger partial charge is 0.420 e. The molecule has 0 saturated heterocycles. The van der Waals surface area contributed by atoms with E-state index in [1.54, 1.807) is 11.3 Å². The van der Waals surface area contributed by atoms with Gasteiger partial charge in [0.1, 0.15) is 0 Å². The van der Waals surface area contributed by atoms with Crippen LogP contribution in [0.15, 0.2) is 18.7 Å². The number of nitrogens with one attached hydrogen (secondary N) is 1. The van der Waals surface area contributed by atoms with Crippen molar-refractivity contribution in [1.29, 1.82) is 0 Å². The minimum absolute atomic E-state index is 0.469. The predicted molar refractivity (Wildman–Crippen MR) is 79.9 cm³/mol. The average Bonchev–Trinajstić information content (AvgIpc) is 2.87. The summed E-state index contributed by atoms with van der Waals surface area (Å²) < 4.78 is 7.66. The fraction of sp³-hybridized carbons (Fsp3) is 0.455. The van der Waals surface area contributed by atoms with Gasteiger partial charge in [0.05, 0.1) is 8.66 Å². The summed E-state index contributed by atoms with van der Waals surface area (Å²) in [6, 6.07) is 2.44. The van der Waals surface area contributed by atoms with Crippen LogP contribution in [0.25, 0.3) is 10.8 Å². The molecule has 7 heteroatoms. The lowest BCUT2D eigenvalue weighted by Crippen LogP contribution is -2.25. The van der Waals surface area contributed by atoms with Gasteiger partial charge in [0.2, 0.25) is 5.89 Å². The molecule has 0 unspecified atom stereocenters. The molecule has 0 atom stereocenters. The van der Waals surface area contributed by atoms with Crippen LogP contribution >= 0.6 is 43.2 Å². The second-order valence-corrected chi connectivity index (χ2v) is 7.32. The molecule has 0 radical (unpaired) electrons. The molecule has 0 amide bonds. The first-order valence-corrected chi connectivity index (χ1v) is 7.97. The van der Waals surface area contributed by atoms with Gasteiger partial charge in [0.15, 0.2) is 0 Å². The van der Waals surface area contributed by atoms with Gasteiger partial charge in [0.25, 0.3) is 5.89 Å². The highest BCUT2D eigenvalue weighted by Crippen LogP contribution is 2.37. The highest BCUT2D eigenvalue weighted by atomic mass is 79.9. The van der Waals surface area contributed by atoms with Crippen LogP contribution in [0.2, 0.25) is 0 Å². The van der Waals surface area contributed by atoms with Crippen LogP contribution in [-0.4, -0.2) is 22.8 Å². The number of halogens is 2. The Bertz CT molecular complexity index is 505. The van der Waals surface area contributed by atoms with Crippen molar-refractivity contribution < 1.29 is 4.42 Å². The van der Waals surface area contributed by atoms with E-state index in [9.17, 15) is 0 Å². The minimum Gasteiger partial charge on any atom is -0.420 e. The molecule has 0 aliphatic heterocycles. The monoisotopic (exact) mass is 393 g/mol. The van der Waals surface area contributed by atoms with Crippen LogP contribution < -0.4 is 5.32 Å². The molecule has 2 aromatic rings. The van der Waals surface area contributed by atoms with Crippen molar-refractivity contribution in [2.45, 2.75) is 26.3 Å². The van der Waals surface area contributed by atoms with Crippen LogP contribution in [0.3, 0.4) is 0 Å². The molecule has 0 bridgehead atoms. The zero-order chi connectivity index (χ0) is 13.1. The van der Waals surface area contributed by atoms with Gasteiger partial charge in [-0.3, -0.25) is 0 Å². The van der Waals surface area contributed by atoms with Crippen LogP contribution in [-0.2, 0) is 6.42 Å². The molecule has 0 aliphatic rings. The van der Waals surface area contributed by atoms with Gasteiger partial charge in [-0.2, -0.15) is 0 Å². The van der Waals surface area contributed by atoms with Gasteiger partial charge in [-0.15, -0.1) is 21.5 Å². The van der Waals surface area contributed by atoms with Crippen LogP contribution in [0.1, 0.15) is 19.7 Å². The Labute approximate surface area is 126 Å². The zero-order valence-corrected chi connectivity index (χ0v) is 14.0. The summed E-state index contributed by atoms with van der Waals surface area (Å²) in [7, 11) is 0. The Morgan fingerprint density at radius 3 is 2.78 bits per heavy atom. The van der Waals surface area contributed by atoms with Crippen molar-refractivity contribution in [3.05, 3.63) is 20.2 Å². The number of rotatable bonds is 5. The van der Waals surface area contributed by atoms with E-state index in [1.807, 2.05) is 6.07 Å². The molecule has 0 spiro atoms. The lowest BCUT2D eigenvalue weighted by molar-refractivity contribution is 0.485. The van der Waals surface area contributed by atoms with E-state index in [2.05, 4.69) is 61.2 Å². The third-order valence-corrected chi connectivity index (χ3v) is 5.46. The Balaban J connectivity index is 2.01. The number of thiophene rings is 1. The number of nitrogens with zero attached hydrogens (tertiary/aromatic N) is 2. The fourth-order valence-electron chi connectivity index (χ4n) is 1.37. The molecule has 2 aromatic heterocycles. The van der Waals surface area contributed by atoms with Gasteiger partial charge in [-0.05, 0) is 37.9 Å². The van der Waals surface area contributed by atoms with E-state index in [0.29, 0.717) is 17.8 Å². The number of hydrogen-bond acceptors (Lipinski definition) is 5. The first-order chi connectivity index (χ1) is 8.56. The van der Waals surface area contributed by atoms with Crippen molar-refractivity contribution in [3.8, 4) is 10.8 Å². The van der Waals surface area contributed by atoms with Gasteiger partial charge in [-0.25, -0.2) is 0 Å². The maximum Gasteiger partial charge on any atom is 0.257 e. The topological polar surface area (TPSA) is 51.0 Å². The normalized spacial score (nSPS) is 11.4. The number of hydrogen-bond donors (Lipinski definition) is 1. The molecule has 0 fully saturated rings. The second-order valence-electron chi connectivity index (χ2n) is 4.09. The van der Waals surface area contributed by atoms with E-state index in [-0.39, 0.29) is 0 Å². The SMILES string of the molecule is CC(C)NCCc1nnc(-c2cc(Br)c(Br)s2)o1.